The molecule has 3 nitrogen and oxygen atoms in total. The Labute approximate surface area is 93.8 Å². The first-order chi connectivity index (χ1) is 7.66. The van der Waals surface area contributed by atoms with Gasteiger partial charge in [0.05, 0.1) is 5.56 Å². The summed E-state index contributed by atoms with van der Waals surface area (Å²) in [6.45, 7) is 0. The minimum absolute atomic E-state index is 0.190. The van der Waals surface area contributed by atoms with Crippen LogP contribution in [0.15, 0.2) is 18.2 Å². The second-order valence-electron chi connectivity index (χ2n) is 4.19. The van der Waals surface area contributed by atoms with Gasteiger partial charge in [-0.25, -0.2) is 4.39 Å². The second-order valence-corrected chi connectivity index (χ2v) is 4.19. The number of nitrogens with one attached hydrogen (secondary N) is 1. The van der Waals surface area contributed by atoms with Crippen LogP contribution in [0.25, 0.3) is 0 Å². The van der Waals surface area contributed by atoms with E-state index < -0.39 is 5.82 Å². The third-order valence-electron chi connectivity index (χ3n) is 2.95. The van der Waals surface area contributed by atoms with Gasteiger partial charge in [0.2, 0.25) is 0 Å². The van der Waals surface area contributed by atoms with Gasteiger partial charge in [-0.2, -0.15) is 0 Å². The monoisotopic (exact) mass is 222 g/mol. The van der Waals surface area contributed by atoms with Crippen molar-refractivity contribution in [2.75, 3.05) is 5.73 Å². The molecule has 0 unspecified atom stereocenters. The highest BCUT2D eigenvalue weighted by Crippen LogP contribution is 2.19. The Kier molecular flexibility index (Phi) is 3.08. The minimum Gasteiger partial charge on any atom is -0.398 e. The molecule has 0 bridgehead atoms. The number of carbonyl (C=O) groups is 1. The largest absolute Gasteiger partial charge is 0.398 e. The molecule has 0 spiro atoms. The molecule has 1 fully saturated rings. The summed E-state index contributed by atoms with van der Waals surface area (Å²) in [7, 11) is 0. The van der Waals surface area contributed by atoms with Crippen molar-refractivity contribution in [2.45, 2.75) is 31.7 Å². The van der Waals surface area contributed by atoms with Crippen molar-refractivity contribution in [1.82, 2.24) is 5.32 Å². The first-order valence-corrected chi connectivity index (χ1v) is 5.52. The lowest BCUT2D eigenvalue weighted by Gasteiger charge is -2.12. The van der Waals surface area contributed by atoms with Crippen molar-refractivity contribution in [3.8, 4) is 0 Å². The number of nitrogens with two attached hydrogens (primary N) is 1. The zero-order chi connectivity index (χ0) is 11.5. The molecule has 0 aliphatic heterocycles. The van der Waals surface area contributed by atoms with Gasteiger partial charge in [-0.1, -0.05) is 12.8 Å². The first kappa shape index (κ1) is 10.9. The van der Waals surface area contributed by atoms with E-state index in [1.54, 1.807) is 0 Å². The van der Waals surface area contributed by atoms with Gasteiger partial charge in [0.1, 0.15) is 5.82 Å². The third kappa shape index (κ3) is 2.32. The topological polar surface area (TPSA) is 55.1 Å². The average molecular weight is 222 g/mol. The highest BCUT2D eigenvalue weighted by atomic mass is 19.1. The molecule has 0 aromatic heterocycles. The highest BCUT2D eigenvalue weighted by molar-refractivity contribution is 5.99. The van der Waals surface area contributed by atoms with Gasteiger partial charge < -0.3 is 11.1 Å². The summed E-state index contributed by atoms with van der Waals surface area (Å²) in [4.78, 5) is 11.8. The number of carbonyl (C=O) groups excluding carboxylic acids is 1. The predicted molar refractivity (Wildman–Crippen MR) is 60.5 cm³/mol. The zero-order valence-electron chi connectivity index (χ0n) is 9.00. The Morgan fingerprint density at radius 2 is 2.06 bits per heavy atom. The maximum atomic E-state index is 12.8. The Morgan fingerprint density at radius 1 is 1.38 bits per heavy atom. The number of halogens is 1. The van der Waals surface area contributed by atoms with Crippen LogP contribution >= 0.6 is 0 Å². The number of hydrogen-bond acceptors (Lipinski definition) is 2. The molecule has 1 aromatic carbocycles. The summed E-state index contributed by atoms with van der Waals surface area (Å²) >= 11 is 0. The first-order valence-electron chi connectivity index (χ1n) is 5.52. The van der Waals surface area contributed by atoms with Crippen molar-refractivity contribution in [3.05, 3.63) is 29.6 Å². The maximum absolute atomic E-state index is 12.8. The molecule has 0 atom stereocenters. The molecule has 1 aliphatic carbocycles. The molecule has 0 radical (unpaired) electrons. The summed E-state index contributed by atoms with van der Waals surface area (Å²) in [5, 5.41) is 2.91. The Morgan fingerprint density at radius 3 is 2.69 bits per heavy atom. The molecule has 16 heavy (non-hydrogen) atoms. The minimum atomic E-state index is -0.421. The van der Waals surface area contributed by atoms with Crippen molar-refractivity contribution in [1.29, 1.82) is 0 Å². The number of nitrogen functional groups attached to an aromatic ring is 1. The zero-order valence-corrected chi connectivity index (χ0v) is 9.00. The standard InChI is InChI=1S/C12H15FN2O/c13-8-5-6-10(11(14)7-8)12(16)15-9-3-1-2-4-9/h5-7,9H,1-4,14H2,(H,15,16). The molecule has 0 heterocycles. The average Bonchev–Trinajstić information content (AvgIpc) is 2.70. The van der Waals surface area contributed by atoms with Crippen LogP contribution in [0.3, 0.4) is 0 Å². The quantitative estimate of drug-likeness (QED) is 0.753. The number of benzene rings is 1. The lowest BCUT2D eigenvalue weighted by molar-refractivity contribution is 0.0939. The molecule has 1 amide bonds. The molecular weight excluding hydrogens is 207 g/mol. The molecule has 1 saturated carbocycles. The molecule has 4 heteroatoms. The second kappa shape index (κ2) is 4.51. The van der Waals surface area contributed by atoms with Crippen LogP contribution in [-0.4, -0.2) is 11.9 Å². The van der Waals surface area contributed by atoms with Crippen LogP contribution < -0.4 is 11.1 Å². The summed E-state index contributed by atoms with van der Waals surface area (Å²) in [6.07, 6.45) is 4.35. The van der Waals surface area contributed by atoms with E-state index in [1.807, 2.05) is 0 Å². The molecular formula is C12H15FN2O. The molecule has 3 N–H and O–H groups in total. The molecule has 2 rings (SSSR count). The number of hydrogen-bond donors (Lipinski definition) is 2. The Hall–Kier alpha value is -1.58. The maximum Gasteiger partial charge on any atom is 0.253 e. The van der Waals surface area contributed by atoms with Gasteiger partial charge in [0, 0.05) is 11.7 Å². The highest BCUT2D eigenvalue weighted by Gasteiger charge is 2.19. The van der Waals surface area contributed by atoms with E-state index >= 15 is 0 Å². The van der Waals surface area contributed by atoms with E-state index in [0.29, 0.717) is 5.56 Å². The molecule has 1 aromatic rings. The van der Waals surface area contributed by atoms with Gasteiger partial charge >= 0.3 is 0 Å². The van der Waals surface area contributed by atoms with E-state index in [9.17, 15) is 9.18 Å². The third-order valence-corrected chi connectivity index (χ3v) is 2.95. The van der Waals surface area contributed by atoms with E-state index in [-0.39, 0.29) is 17.6 Å². The Bertz CT molecular complexity index is 400. The fourth-order valence-electron chi connectivity index (χ4n) is 2.07. The van der Waals surface area contributed by atoms with Gasteiger partial charge in [-0.05, 0) is 31.0 Å². The lowest BCUT2D eigenvalue weighted by Crippen LogP contribution is -2.33. The van der Waals surface area contributed by atoms with Crippen molar-refractivity contribution in [2.24, 2.45) is 0 Å². The summed E-state index contributed by atoms with van der Waals surface area (Å²) in [5.74, 6) is -0.626. The lowest BCUT2D eigenvalue weighted by atomic mass is 10.1. The molecule has 86 valence electrons. The van der Waals surface area contributed by atoms with Gasteiger partial charge in [0.25, 0.3) is 5.91 Å². The summed E-state index contributed by atoms with van der Waals surface area (Å²) < 4.78 is 12.8. The van der Waals surface area contributed by atoms with E-state index in [4.69, 9.17) is 5.73 Å². The summed E-state index contributed by atoms with van der Waals surface area (Å²) in [5.41, 5.74) is 6.14. The number of rotatable bonds is 2. The fourth-order valence-corrected chi connectivity index (χ4v) is 2.07. The van der Waals surface area contributed by atoms with Crippen LogP contribution in [0.4, 0.5) is 10.1 Å². The Balaban J connectivity index is 2.08. The fraction of sp³-hybridized carbons (Fsp3) is 0.417. The summed E-state index contributed by atoms with van der Waals surface area (Å²) in [6, 6.07) is 4.09. The van der Waals surface area contributed by atoms with Crippen LogP contribution in [0.2, 0.25) is 0 Å². The van der Waals surface area contributed by atoms with Crippen LogP contribution in [0.1, 0.15) is 36.0 Å². The number of amides is 1. The van der Waals surface area contributed by atoms with Crippen molar-refractivity contribution < 1.29 is 9.18 Å². The van der Waals surface area contributed by atoms with Gasteiger partial charge in [-0.15, -0.1) is 0 Å². The van der Waals surface area contributed by atoms with Crippen LogP contribution in [0.5, 0.6) is 0 Å². The van der Waals surface area contributed by atoms with E-state index in [1.165, 1.54) is 18.2 Å². The van der Waals surface area contributed by atoms with Gasteiger partial charge in [-0.3, -0.25) is 4.79 Å². The SMILES string of the molecule is Nc1cc(F)ccc1C(=O)NC1CCCC1. The van der Waals surface area contributed by atoms with Crippen molar-refractivity contribution in [3.63, 3.8) is 0 Å². The van der Waals surface area contributed by atoms with E-state index in [2.05, 4.69) is 5.32 Å². The van der Waals surface area contributed by atoms with Crippen LogP contribution in [-0.2, 0) is 0 Å². The smallest absolute Gasteiger partial charge is 0.253 e. The number of anilines is 1. The molecule has 0 saturated heterocycles. The van der Waals surface area contributed by atoms with Crippen molar-refractivity contribution >= 4 is 11.6 Å². The predicted octanol–water partition coefficient (Wildman–Crippen LogP) is 2.08. The molecule has 1 aliphatic rings. The van der Waals surface area contributed by atoms with E-state index in [0.717, 1.165) is 25.7 Å². The van der Waals surface area contributed by atoms with Gasteiger partial charge in [0.15, 0.2) is 0 Å². The normalized spacial score (nSPS) is 16.3. The van der Waals surface area contributed by atoms with Crippen LogP contribution in [0, 0.1) is 5.82 Å².